The fourth-order valence-electron chi connectivity index (χ4n) is 1.78. The molecule has 0 saturated carbocycles. The lowest BCUT2D eigenvalue weighted by Crippen LogP contribution is -2.04. The number of rotatable bonds is 5. The molecule has 0 saturated heterocycles. The van der Waals surface area contributed by atoms with Gasteiger partial charge in [-0.15, -0.1) is 0 Å². The number of aromatic nitrogens is 3. The molecule has 0 bridgehead atoms. The molecule has 100 valence electrons. The third kappa shape index (κ3) is 3.64. The van der Waals surface area contributed by atoms with Crippen LogP contribution in [0, 0.1) is 0 Å². The van der Waals surface area contributed by atoms with Gasteiger partial charge in [0.15, 0.2) is 5.82 Å². The maximum Gasteiger partial charge on any atom is 0.180 e. The van der Waals surface area contributed by atoms with Gasteiger partial charge in [-0.05, 0) is 25.5 Å². The summed E-state index contributed by atoms with van der Waals surface area (Å²) in [5, 5.41) is 3.83. The van der Waals surface area contributed by atoms with E-state index in [1.54, 1.807) is 12.3 Å². The Hall–Kier alpha value is -1.68. The molecule has 2 heterocycles. The highest BCUT2D eigenvalue weighted by molar-refractivity contribution is 6.30. The Balaban J connectivity index is 2.40. The zero-order valence-electron chi connectivity index (χ0n) is 11.2. The molecule has 0 amide bonds. The van der Waals surface area contributed by atoms with Crippen molar-refractivity contribution in [2.45, 2.75) is 26.7 Å². The smallest absolute Gasteiger partial charge is 0.180 e. The van der Waals surface area contributed by atoms with Crippen molar-refractivity contribution in [2.75, 3.05) is 11.9 Å². The second-order valence-corrected chi connectivity index (χ2v) is 4.65. The van der Waals surface area contributed by atoms with E-state index < -0.39 is 0 Å². The summed E-state index contributed by atoms with van der Waals surface area (Å²) in [6, 6.07) is 5.63. The fourth-order valence-corrected chi connectivity index (χ4v) is 1.89. The van der Waals surface area contributed by atoms with E-state index in [2.05, 4.69) is 27.2 Å². The van der Waals surface area contributed by atoms with Crippen molar-refractivity contribution < 1.29 is 0 Å². The molecule has 0 fully saturated rings. The second-order valence-electron chi connectivity index (χ2n) is 4.21. The standard InChI is InChI=1S/C14H17ClN4/c1-3-5-11-8-13(16-4-2)19-14(18-11)12-7-6-10(15)9-17-12/h6-9H,3-5H2,1-2H3,(H,16,18,19). The van der Waals surface area contributed by atoms with Crippen LogP contribution in [0.1, 0.15) is 26.0 Å². The monoisotopic (exact) mass is 276 g/mol. The minimum absolute atomic E-state index is 0.611. The van der Waals surface area contributed by atoms with Crippen LogP contribution < -0.4 is 5.32 Å². The van der Waals surface area contributed by atoms with Gasteiger partial charge in [0.05, 0.1) is 5.02 Å². The van der Waals surface area contributed by atoms with E-state index in [4.69, 9.17) is 11.6 Å². The summed E-state index contributed by atoms with van der Waals surface area (Å²) in [5.41, 5.74) is 1.77. The van der Waals surface area contributed by atoms with Gasteiger partial charge in [-0.2, -0.15) is 0 Å². The normalized spacial score (nSPS) is 10.5. The van der Waals surface area contributed by atoms with Crippen LogP contribution in [0.4, 0.5) is 5.82 Å². The summed E-state index contributed by atoms with van der Waals surface area (Å²) in [5.74, 6) is 1.48. The minimum atomic E-state index is 0.611. The van der Waals surface area contributed by atoms with Crippen LogP contribution >= 0.6 is 11.6 Å². The predicted octanol–water partition coefficient (Wildman–Crippen LogP) is 3.58. The molecule has 0 spiro atoms. The average molecular weight is 277 g/mol. The number of aryl methyl sites for hydroxylation is 1. The molecule has 0 radical (unpaired) electrons. The molecule has 2 aromatic rings. The highest BCUT2D eigenvalue weighted by Gasteiger charge is 2.07. The largest absolute Gasteiger partial charge is 0.370 e. The van der Waals surface area contributed by atoms with Crippen molar-refractivity contribution in [3.8, 4) is 11.5 Å². The lowest BCUT2D eigenvalue weighted by molar-refractivity contribution is 0.873. The van der Waals surface area contributed by atoms with E-state index in [-0.39, 0.29) is 0 Å². The van der Waals surface area contributed by atoms with Gasteiger partial charge in [0.25, 0.3) is 0 Å². The van der Waals surface area contributed by atoms with Crippen LogP contribution in [0.3, 0.4) is 0 Å². The molecule has 5 heteroatoms. The van der Waals surface area contributed by atoms with Crippen molar-refractivity contribution in [3.05, 3.63) is 35.1 Å². The number of anilines is 1. The molecule has 2 aromatic heterocycles. The first kappa shape index (κ1) is 13.7. The molecule has 4 nitrogen and oxygen atoms in total. The Kier molecular flexibility index (Phi) is 4.68. The molecule has 0 aliphatic carbocycles. The van der Waals surface area contributed by atoms with Crippen molar-refractivity contribution in [1.29, 1.82) is 0 Å². The zero-order chi connectivity index (χ0) is 13.7. The SMILES string of the molecule is CCCc1cc(NCC)nc(-c2ccc(Cl)cn2)n1. The molecule has 0 aliphatic heterocycles. The number of nitrogens with one attached hydrogen (secondary N) is 1. The first-order valence-electron chi connectivity index (χ1n) is 6.46. The van der Waals surface area contributed by atoms with Gasteiger partial charge >= 0.3 is 0 Å². The quantitative estimate of drug-likeness (QED) is 0.907. The Labute approximate surface area is 118 Å². The van der Waals surface area contributed by atoms with Crippen molar-refractivity contribution in [3.63, 3.8) is 0 Å². The molecular weight excluding hydrogens is 260 g/mol. The highest BCUT2D eigenvalue weighted by atomic mass is 35.5. The maximum absolute atomic E-state index is 5.85. The van der Waals surface area contributed by atoms with Gasteiger partial charge in [-0.3, -0.25) is 4.98 Å². The van der Waals surface area contributed by atoms with Gasteiger partial charge in [0.1, 0.15) is 11.5 Å². The summed E-state index contributed by atoms with van der Waals surface area (Å²) in [6.07, 6.45) is 3.59. The van der Waals surface area contributed by atoms with Crippen LogP contribution in [0.15, 0.2) is 24.4 Å². The van der Waals surface area contributed by atoms with E-state index in [0.717, 1.165) is 36.6 Å². The number of hydrogen-bond acceptors (Lipinski definition) is 4. The Bertz CT molecular complexity index is 515. The van der Waals surface area contributed by atoms with E-state index in [0.29, 0.717) is 10.8 Å². The minimum Gasteiger partial charge on any atom is -0.370 e. The van der Waals surface area contributed by atoms with Gasteiger partial charge in [0.2, 0.25) is 0 Å². The molecule has 2 rings (SSSR count). The summed E-state index contributed by atoms with van der Waals surface area (Å²) in [7, 11) is 0. The lowest BCUT2D eigenvalue weighted by Gasteiger charge is -2.08. The van der Waals surface area contributed by atoms with E-state index >= 15 is 0 Å². The number of pyridine rings is 1. The van der Waals surface area contributed by atoms with Gasteiger partial charge in [0, 0.05) is 24.5 Å². The van der Waals surface area contributed by atoms with Crippen molar-refractivity contribution >= 4 is 17.4 Å². The fraction of sp³-hybridized carbons (Fsp3) is 0.357. The van der Waals surface area contributed by atoms with Crippen LogP contribution in [0.2, 0.25) is 5.02 Å². The summed E-state index contributed by atoms with van der Waals surface area (Å²) < 4.78 is 0. The van der Waals surface area contributed by atoms with E-state index in [1.165, 1.54) is 0 Å². The summed E-state index contributed by atoms with van der Waals surface area (Å²) in [6.45, 7) is 5.01. The molecule has 0 atom stereocenters. The molecule has 0 unspecified atom stereocenters. The zero-order valence-corrected chi connectivity index (χ0v) is 11.9. The van der Waals surface area contributed by atoms with Gasteiger partial charge < -0.3 is 5.32 Å². The third-order valence-electron chi connectivity index (χ3n) is 2.60. The lowest BCUT2D eigenvalue weighted by atomic mass is 10.2. The van der Waals surface area contributed by atoms with Crippen LogP contribution in [0.25, 0.3) is 11.5 Å². The number of hydrogen-bond donors (Lipinski definition) is 1. The first-order chi connectivity index (χ1) is 9.22. The molecule has 1 N–H and O–H groups in total. The summed E-state index contributed by atoms with van der Waals surface area (Å²) in [4.78, 5) is 13.3. The molecule has 0 aromatic carbocycles. The molecule has 0 aliphatic rings. The highest BCUT2D eigenvalue weighted by Crippen LogP contribution is 2.18. The molecular formula is C14H17ClN4. The number of nitrogens with zero attached hydrogens (tertiary/aromatic N) is 3. The summed E-state index contributed by atoms with van der Waals surface area (Å²) >= 11 is 5.85. The predicted molar refractivity (Wildman–Crippen MR) is 78.4 cm³/mol. The van der Waals surface area contributed by atoms with Gasteiger partial charge in [-0.25, -0.2) is 9.97 Å². The Morgan fingerprint density at radius 2 is 2.05 bits per heavy atom. The van der Waals surface area contributed by atoms with Crippen molar-refractivity contribution in [1.82, 2.24) is 15.0 Å². The second kappa shape index (κ2) is 6.48. The maximum atomic E-state index is 5.85. The van der Waals surface area contributed by atoms with E-state index in [9.17, 15) is 0 Å². The third-order valence-corrected chi connectivity index (χ3v) is 2.82. The average Bonchev–Trinajstić information content (AvgIpc) is 2.40. The van der Waals surface area contributed by atoms with Gasteiger partial charge in [-0.1, -0.05) is 24.9 Å². The number of halogens is 1. The van der Waals surface area contributed by atoms with Crippen LogP contribution in [0.5, 0.6) is 0 Å². The Morgan fingerprint density at radius 1 is 1.21 bits per heavy atom. The molecule has 19 heavy (non-hydrogen) atoms. The first-order valence-corrected chi connectivity index (χ1v) is 6.84. The van der Waals surface area contributed by atoms with Crippen LogP contribution in [-0.4, -0.2) is 21.5 Å². The van der Waals surface area contributed by atoms with Crippen molar-refractivity contribution in [2.24, 2.45) is 0 Å². The Morgan fingerprint density at radius 3 is 2.68 bits per heavy atom. The topological polar surface area (TPSA) is 50.7 Å². The van der Waals surface area contributed by atoms with E-state index in [1.807, 2.05) is 19.1 Å². The van der Waals surface area contributed by atoms with Crippen LogP contribution in [-0.2, 0) is 6.42 Å².